The van der Waals surface area contributed by atoms with Gasteiger partial charge in [-0.25, -0.2) is 8.42 Å². The second kappa shape index (κ2) is 8.84. The second-order valence-electron chi connectivity index (χ2n) is 8.67. The third-order valence-electron chi connectivity index (χ3n) is 6.77. The first-order valence-corrected chi connectivity index (χ1v) is 13.0. The Morgan fingerprint density at radius 1 is 0.812 bits per heavy atom. The standard InChI is InChI=1S/C28H27BrO2S/c1-20-14-16-25(17-15-20)32(30,31)22(3)27-19-28(18-26(27)21(2)29,23-10-6-4-7-11-23)24-12-8-5-9-13-24/h4-17,26-27H,2-3,18-19H2,1H3/t26-,27-/m0/s1. The topological polar surface area (TPSA) is 34.1 Å². The molecule has 1 fully saturated rings. The molecule has 32 heavy (non-hydrogen) atoms. The number of aryl methyl sites for hydroxylation is 1. The zero-order valence-electron chi connectivity index (χ0n) is 18.2. The Morgan fingerprint density at radius 2 is 1.28 bits per heavy atom. The van der Waals surface area contributed by atoms with E-state index in [2.05, 4.69) is 53.4 Å². The molecule has 0 radical (unpaired) electrons. The summed E-state index contributed by atoms with van der Waals surface area (Å²) < 4.78 is 27.9. The highest BCUT2D eigenvalue weighted by Crippen LogP contribution is 2.57. The monoisotopic (exact) mass is 506 g/mol. The summed E-state index contributed by atoms with van der Waals surface area (Å²) in [5.74, 6) is -0.309. The van der Waals surface area contributed by atoms with Gasteiger partial charge in [-0.15, -0.1) is 0 Å². The molecule has 2 atom stereocenters. The van der Waals surface area contributed by atoms with Crippen LogP contribution in [0.1, 0.15) is 29.5 Å². The van der Waals surface area contributed by atoms with E-state index in [9.17, 15) is 8.42 Å². The molecule has 3 aromatic carbocycles. The molecule has 0 saturated heterocycles. The van der Waals surface area contributed by atoms with E-state index in [0.29, 0.717) is 11.3 Å². The Bertz CT molecular complexity index is 1190. The first-order chi connectivity index (χ1) is 15.3. The van der Waals surface area contributed by atoms with Crippen molar-refractivity contribution in [1.29, 1.82) is 0 Å². The van der Waals surface area contributed by atoms with Crippen molar-refractivity contribution in [3.05, 3.63) is 124 Å². The summed E-state index contributed by atoms with van der Waals surface area (Å²) in [6.45, 7) is 10.3. The number of benzene rings is 3. The van der Waals surface area contributed by atoms with Gasteiger partial charge in [-0.1, -0.05) is 107 Å². The normalized spacial score (nSPS) is 20.1. The van der Waals surface area contributed by atoms with E-state index in [1.807, 2.05) is 55.5 Å². The molecular formula is C28H27BrO2S. The van der Waals surface area contributed by atoms with E-state index in [1.54, 1.807) is 12.1 Å². The van der Waals surface area contributed by atoms with Crippen LogP contribution in [-0.2, 0) is 15.3 Å². The van der Waals surface area contributed by atoms with Gasteiger partial charge < -0.3 is 0 Å². The fourth-order valence-electron chi connectivity index (χ4n) is 5.01. The van der Waals surface area contributed by atoms with Gasteiger partial charge in [0, 0.05) is 16.2 Å². The molecule has 0 spiro atoms. The maximum atomic E-state index is 13.5. The van der Waals surface area contributed by atoms with Crippen LogP contribution in [-0.4, -0.2) is 8.42 Å². The van der Waals surface area contributed by atoms with Gasteiger partial charge in [0.2, 0.25) is 9.84 Å². The van der Waals surface area contributed by atoms with Crippen molar-refractivity contribution in [3.63, 3.8) is 0 Å². The first-order valence-electron chi connectivity index (χ1n) is 10.7. The molecule has 0 bridgehead atoms. The summed E-state index contributed by atoms with van der Waals surface area (Å²) in [6.07, 6.45) is 1.42. The molecule has 0 amide bonds. The lowest BCUT2D eigenvalue weighted by molar-refractivity contribution is 0.514. The number of rotatable bonds is 6. The number of allylic oxidation sites excluding steroid dienone is 2. The van der Waals surface area contributed by atoms with Crippen LogP contribution in [0.3, 0.4) is 0 Å². The molecule has 1 aliphatic rings. The summed E-state index contributed by atoms with van der Waals surface area (Å²) in [5.41, 5.74) is 3.08. The number of halogens is 1. The summed E-state index contributed by atoms with van der Waals surface area (Å²) in [4.78, 5) is 0.560. The molecule has 0 heterocycles. The van der Waals surface area contributed by atoms with Crippen molar-refractivity contribution < 1.29 is 8.42 Å². The molecule has 4 rings (SSSR count). The molecular weight excluding hydrogens is 480 g/mol. The third kappa shape index (κ3) is 4.02. The van der Waals surface area contributed by atoms with Crippen molar-refractivity contribution in [3.8, 4) is 0 Å². The molecule has 0 unspecified atom stereocenters. The predicted molar refractivity (Wildman–Crippen MR) is 135 cm³/mol. The molecule has 1 saturated carbocycles. The van der Waals surface area contributed by atoms with Crippen LogP contribution in [0, 0.1) is 18.8 Å². The smallest absolute Gasteiger partial charge is 0.202 e. The lowest BCUT2D eigenvalue weighted by Crippen LogP contribution is -2.25. The Morgan fingerprint density at radius 3 is 1.75 bits per heavy atom. The summed E-state index contributed by atoms with van der Waals surface area (Å²) in [7, 11) is -3.68. The van der Waals surface area contributed by atoms with Crippen molar-refractivity contribution in [2.24, 2.45) is 11.8 Å². The van der Waals surface area contributed by atoms with Gasteiger partial charge in [0.1, 0.15) is 0 Å². The van der Waals surface area contributed by atoms with Crippen LogP contribution in [0.4, 0.5) is 0 Å². The Balaban J connectivity index is 1.82. The third-order valence-corrected chi connectivity index (χ3v) is 9.24. The van der Waals surface area contributed by atoms with Crippen molar-refractivity contribution in [2.45, 2.75) is 30.1 Å². The van der Waals surface area contributed by atoms with Gasteiger partial charge in [-0.2, -0.15) is 0 Å². The van der Waals surface area contributed by atoms with Crippen LogP contribution in [0.15, 0.2) is 112 Å². The predicted octanol–water partition coefficient (Wildman–Crippen LogP) is 7.20. The first kappa shape index (κ1) is 22.8. The van der Waals surface area contributed by atoms with Crippen molar-refractivity contribution >= 4 is 25.8 Å². The van der Waals surface area contributed by atoms with E-state index in [-0.39, 0.29) is 22.2 Å². The van der Waals surface area contributed by atoms with Crippen LogP contribution in [0.2, 0.25) is 0 Å². The summed E-state index contributed by atoms with van der Waals surface area (Å²) >= 11 is 3.61. The van der Waals surface area contributed by atoms with Crippen LogP contribution >= 0.6 is 15.9 Å². The molecule has 0 aromatic heterocycles. The average molecular weight is 507 g/mol. The Labute approximate surface area is 199 Å². The zero-order valence-corrected chi connectivity index (χ0v) is 20.6. The van der Waals surface area contributed by atoms with E-state index >= 15 is 0 Å². The number of sulfone groups is 1. The maximum Gasteiger partial charge on any atom is 0.202 e. The highest BCUT2D eigenvalue weighted by molar-refractivity contribution is 9.11. The van der Waals surface area contributed by atoms with Gasteiger partial charge in [0.05, 0.1) is 4.90 Å². The van der Waals surface area contributed by atoms with Crippen molar-refractivity contribution in [1.82, 2.24) is 0 Å². The zero-order chi connectivity index (χ0) is 22.9. The Kier molecular flexibility index (Phi) is 6.28. The van der Waals surface area contributed by atoms with E-state index in [4.69, 9.17) is 0 Å². The van der Waals surface area contributed by atoms with Gasteiger partial charge in [-0.3, -0.25) is 0 Å². The Hall–Kier alpha value is -2.43. The second-order valence-corrected chi connectivity index (χ2v) is 11.7. The van der Waals surface area contributed by atoms with Gasteiger partial charge in [0.15, 0.2) is 0 Å². The fourth-order valence-corrected chi connectivity index (χ4v) is 6.93. The highest BCUT2D eigenvalue weighted by atomic mass is 79.9. The average Bonchev–Trinajstić information content (AvgIpc) is 3.22. The minimum absolute atomic E-state index is 0.0527. The van der Waals surface area contributed by atoms with Crippen LogP contribution < -0.4 is 0 Å². The highest BCUT2D eigenvalue weighted by Gasteiger charge is 2.50. The lowest BCUT2D eigenvalue weighted by atomic mass is 9.72. The SMILES string of the molecule is C=C(Br)[C@@H]1CC(c2ccccc2)(c2ccccc2)C[C@H]1C(=C)S(=O)(=O)c1ccc(C)cc1. The minimum atomic E-state index is -3.68. The lowest BCUT2D eigenvalue weighted by Gasteiger charge is -2.31. The van der Waals surface area contributed by atoms with Gasteiger partial charge in [-0.05, 0) is 53.4 Å². The largest absolute Gasteiger partial charge is 0.219 e. The van der Waals surface area contributed by atoms with Gasteiger partial charge in [0.25, 0.3) is 0 Å². The molecule has 0 N–H and O–H groups in total. The molecule has 1 aliphatic carbocycles. The molecule has 4 heteroatoms. The van der Waals surface area contributed by atoms with Crippen LogP contribution in [0.25, 0.3) is 0 Å². The minimum Gasteiger partial charge on any atom is -0.219 e. The van der Waals surface area contributed by atoms with Gasteiger partial charge >= 0.3 is 0 Å². The maximum absolute atomic E-state index is 13.5. The summed E-state index contributed by atoms with van der Waals surface area (Å²) in [5, 5.41) is 0. The molecule has 3 aromatic rings. The van der Waals surface area contributed by atoms with Crippen molar-refractivity contribution in [2.75, 3.05) is 0 Å². The molecule has 164 valence electrons. The van der Waals surface area contributed by atoms with Crippen LogP contribution in [0.5, 0.6) is 0 Å². The number of hydrogen-bond donors (Lipinski definition) is 0. The van der Waals surface area contributed by atoms with E-state index < -0.39 is 9.84 Å². The van der Waals surface area contributed by atoms with E-state index in [0.717, 1.165) is 16.5 Å². The molecule has 0 aliphatic heterocycles. The molecule has 2 nitrogen and oxygen atoms in total. The quantitative estimate of drug-likeness (QED) is 0.354. The summed E-state index contributed by atoms with van der Waals surface area (Å²) in [6, 6.07) is 27.8. The van der Waals surface area contributed by atoms with E-state index in [1.165, 1.54) is 11.1 Å². The number of hydrogen-bond acceptors (Lipinski definition) is 2. The fraction of sp³-hybridized carbons (Fsp3) is 0.214.